The fourth-order valence-corrected chi connectivity index (χ4v) is 4.14. The van der Waals surface area contributed by atoms with Gasteiger partial charge in [0.15, 0.2) is 5.82 Å². The van der Waals surface area contributed by atoms with Gasteiger partial charge in [0.25, 0.3) is 10.2 Å². The van der Waals surface area contributed by atoms with E-state index in [-0.39, 0.29) is 5.92 Å². The van der Waals surface area contributed by atoms with Gasteiger partial charge in [0.2, 0.25) is 0 Å². The van der Waals surface area contributed by atoms with Crippen molar-refractivity contribution in [3.63, 3.8) is 0 Å². The summed E-state index contributed by atoms with van der Waals surface area (Å²) < 4.78 is 27.6. The average Bonchev–Trinajstić information content (AvgIpc) is 3.09. The van der Waals surface area contributed by atoms with E-state index in [2.05, 4.69) is 19.9 Å². The zero-order chi connectivity index (χ0) is 17.3. The van der Waals surface area contributed by atoms with Crippen molar-refractivity contribution < 1.29 is 8.42 Å². The van der Waals surface area contributed by atoms with Crippen LogP contribution in [-0.4, -0.2) is 64.1 Å². The summed E-state index contributed by atoms with van der Waals surface area (Å²) in [7, 11) is -0.283. The molecular formula is C15H22N6O2S. The van der Waals surface area contributed by atoms with Gasteiger partial charge in [0, 0.05) is 51.2 Å². The SMILES string of the molecule is Cc1nc(-c2ncc[nH]2)cc([C@H]2CCCN(S(=O)(=O)N(C)C)C2)n1. The van der Waals surface area contributed by atoms with E-state index in [0.29, 0.717) is 24.7 Å². The zero-order valence-electron chi connectivity index (χ0n) is 14.1. The molecule has 0 spiro atoms. The molecule has 0 radical (unpaired) electrons. The number of aromatic nitrogens is 4. The van der Waals surface area contributed by atoms with Crippen LogP contribution in [0.15, 0.2) is 18.5 Å². The minimum absolute atomic E-state index is 0.0592. The summed E-state index contributed by atoms with van der Waals surface area (Å²) in [6, 6.07) is 1.91. The molecule has 0 saturated carbocycles. The number of hydrogen-bond donors (Lipinski definition) is 1. The Morgan fingerprint density at radius 3 is 2.79 bits per heavy atom. The summed E-state index contributed by atoms with van der Waals surface area (Å²) in [4.78, 5) is 16.2. The van der Waals surface area contributed by atoms with Crippen LogP contribution in [-0.2, 0) is 10.2 Å². The zero-order valence-corrected chi connectivity index (χ0v) is 14.9. The normalized spacial score (nSPS) is 19.8. The number of piperidine rings is 1. The Balaban J connectivity index is 1.89. The lowest BCUT2D eigenvalue weighted by Gasteiger charge is -2.33. The highest BCUT2D eigenvalue weighted by Gasteiger charge is 2.32. The van der Waals surface area contributed by atoms with Crippen LogP contribution in [0.4, 0.5) is 0 Å². The van der Waals surface area contributed by atoms with Gasteiger partial charge in [-0.25, -0.2) is 15.0 Å². The molecule has 1 saturated heterocycles. The van der Waals surface area contributed by atoms with E-state index < -0.39 is 10.2 Å². The van der Waals surface area contributed by atoms with Crippen LogP contribution in [0.25, 0.3) is 11.5 Å². The van der Waals surface area contributed by atoms with Crippen molar-refractivity contribution in [3.05, 3.63) is 30.0 Å². The summed E-state index contributed by atoms with van der Waals surface area (Å²) in [5.74, 6) is 1.41. The largest absolute Gasteiger partial charge is 0.343 e. The van der Waals surface area contributed by atoms with E-state index in [1.54, 1.807) is 26.5 Å². The van der Waals surface area contributed by atoms with Crippen molar-refractivity contribution in [1.29, 1.82) is 0 Å². The number of imidazole rings is 1. The van der Waals surface area contributed by atoms with E-state index in [9.17, 15) is 8.42 Å². The fraction of sp³-hybridized carbons (Fsp3) is 0.533. The summed E-state index contributed by atoms with van der Waals surface area (Å²) in [6.07, 6.45) is 5.15. The lowest BCUT2D eigenvalue weighted by Crippen LogP contribution is -2.45. The first-order valence-electron chi connectivity index (χ1n) is 7.91. The van der Waals surface area contributed by atoms with Gasteiger partial charge < -0.3 is 4.98 Å². The van der Waals surface area contributed by atoms with Gasteiger partial charge in [-0.3, -0.25) is 0 Å². The lowest BCUT2D eigenvalue weighted by molar-refractivity contribution is 0.296. The van der Waals surface area contributed by atoms with Crippen LogP contribution in [0, 0.1) is 6.92 Å². The molecule has 2 aromatic rings. The Hall–Kier alpha value is -1.84. The predicted molar refractivity (Wildman–Crippen MR) is 90.5 cm³/mol. The van der Waals surface area contributed by atoms with Crippen LogP contribution in [0.1, 0.15) is 30.3 Å². The first kappa shape index (κ1) is 17.0. The molecule has 24 heavy (non-hydrogen) atoms. The molecule has 1 aliphatic heterocycles. The van der Waals surface area contributed by atoms with E-state index >= 15 is 0 Å². The number of aromatic amines is 1. The average molecular weight is 350 g/mol. The van der Waals surface area contributed by atoms with Crippen LogP contribution >= 0.6 is 0 Å². The second-order valence-electron chi connectivity index (χ2n) is 6.15. The van der Waals surface area contributed by atoms with Crippen molar-refractivity contribution in [2.24, 2.45) is 0 Å². The van der Waals surface area contributed by atoms with Crippen LogP contribution in [0.2, 0.25) is 0 Å². The van der Waals surface area contributed by atoms with Gasteiger partial charge in [0.1, 0.15) is 11.5 Å². The van der Waals surface area contributed by atoms with Gasteiger partial charge in [0.05, 0.1) is 0 Å². The second-order valence-corrected chi connectivity index (χ2v) is 8.29. The number of nitrogens with zero attached hydrogens (tertiary/aromatic N) is 5. The van der Waals surface area contributed by atoms with E-state index in [4.69, 9.17) is 0 Å². The molecule has 8 nitrogen and oxygen atoms in total. The van der Waals surface area contributed by atoms with Gasteiger partial charge in [-0.05, 0) is 25.8 Å². The van der Waals surface area contributed by atoms with Crippen molar-refractivity contribution in [3.8, 4) is 11.5 Å². The Labute approximate surface area is 142 Å². The summed E-state index contributed by atoms with van der Waals surface area (Å²) in [5, 5.41) is 0. The van der Waals surface area contributed by atoms with Crippen molar-refractivity contribution in [1.82, 2.24) is 28.5 Å². The number of H-pyrrole nitrogens is 1. The molecule has 3 heterocycles. The smallest absolute Gasteiger partial charge is 0.281 e. The van der Waals surface area contributed by atoms with Crippen molar-refractivity contribution in [2.75, 3.05) is 27.2 Å². The molecule has 0 amide bonds. The molecule has 0 aromatic carbocycles. The van der Waals surface area contributed by atoms with E-state index in [0.717, 1.165) is 24.2 Å². The maximum Gasteiger partial charge on any atom is 0.281 e. The third kappa shape index (κ3) is 3.33. The number of rotatable bonds is 4. The predicted octanol–water partition coefficient (Wildman–Crippen LogP) is 1.16. The molecule has 0 bridgehead atoms. The molecule has 0 aliphatic carbocycles. The first-order valence-corrected chi connectivity index (χ1v) is 9.30. The third-order valence-corrected chi connectivity index (χ3v) is 6.10. The molecule has 1 N–H and O–H groups in total. The molecular weight excluding hydrogens is 328 g/mol. The maximum absolute atomic E-state index is 12.4. The highest BCUT2D eigenvalue weighted by molar-refractivity contribution is 7.86. The van der Waals surface area contributed by atoms with Gasteiger partial charge >= 0.3 is 0 Å². The Bertz CT molecular complexity index is 803. The monoisotopic (exact) mass is 350 g/mol. The van der Waals surface area contributed by atoms with Crippen molar-refractivity contribution >= 4 is 10.2 Å². The van der Waals surface area contributed by atoms with E-state index in [1.165, 1.54) is 8.61 Å². The molecule has 2 aromatic heterocycles. The maximum atomic E-state index is 12.4. The first-order chi connectivity index (χ1) is 11.4. The van der Waals surface area contributed by atoms with Crippen LogP contribution < -0.4 is 0 Å². The van der Waals surface area contributed by atoms with E-state index in [1.807, 2.05) is 13.0 Å². The minimum Gasteiger partial charge on any atom is -0.343 e. The molecule has 1 fully saturated rings. The highest BCUT2D eigenvalue weighted by Crippen LogP contribution is 2.29. The van der Waals surface area contributed by atoms with Crippen LogP contribution in [0.3, 0.4) is 0 Å². The Morgan fingerprint density at radius 2 is 2.12 bits per heavy atom. The molecule has 1 aliphatic rings. The quantitative estimate of drug-likeness (QED) is 0.893. The Morgan fingerprint density at radius 1 is 1.33 bits per heavy atom. The number of hydrogen-bond acceptors (Lipinski definition) is 5. The molecule has 130 valence electrons. The highest BCUT2D eigenvalue weighted by atomic mass is 32.2. The van der Waals surface area contributed by atoms with Crippen molar-refractivity contribution in [2.45, 2.75) is 25.7 Å². The standard InChI is InChI=1S/C15H22N6O2S/c1-11-18-13(9-14(19-11)15-16-6-7-17-15)12-5-4-8-21(10-12)24(22,23)20(2)3/h6-7,9,12H,4-5,8,10H2,1-3H3,(H,16,17)/t12-/m0/s1. The van der Waals surface area contributed by atoms with Gasteiger partial charge in [-0.2, -0.15) is 17.0 Å². The Kier molecular flexibility index (Phi) is 4.66. The van der Waals surface area contributed by atoms with Gasteiger partial charge in [-0.1, -0.05) is 0 Å². The molecule has 1 atom stereocenters. The summed E-state index contributed by atoms with van der Waals surface area (Å²) in [5.41, 5.74) is 1.60. The third-order valence-electron chi connectivity index (χ3n) is 4.19. The number of nitrogens with one attached hydrogen (secondary N) is 1. The molecule has 9 heteroatoms. The topological polar surface area (TPSA) is 95.1 Å². The summed E-state index contributed by atoms with van der Waals surface area (Å²) in [6.45, 7) is 2.83. The molecule has 3 rings (SSSR count). The van der Waals surface area contributed by atoms with Gasteiger partial charge in [-0.15, -0.1) is 0 Å². The minimum atomic E-state index is -3.40. The fourth-order valence-electron chi connectivity index (χ4n) is 2.95. The number of aryl methyl sites for hydroxylation is 1. The van der Waals surface area contributed by atoms with Crippen LogP contribution in [0.5, 0.6) is 0 Å². The lowest BCUT2D eigenvalue weighted by atomic mass is 9.95. The molecule has 0 unspecified atom stereocenters. The second kappa shape index (κ2) is 6.58. The summed E-state index contributed by atoms with van der Waals surface area (Å²) >= 11 is 0.